The Labute approximate surface area is 192 Å². The van der Waals surface area contributed by atoms with E-state index < -0.39 is 25.8 Å². The monoisotopic (exact) mass is 492 g/mol. The summed E-state index contributed by atoms with van der Waals surface area (Å²) in [5, 5.41) is 3.13. The fraction of sp³-hybridized carbons (Fsp3) is 0.136. The maximum atomic E-state index is 12.5. The molecule has 3 aromatic rings. The highest BCUT2D eigenvalue weighted by molar-refractivity contribution is 7.92. The first-order valence-electron chi connectivity index (χ1n) is 9.62. The lowest BCUT2D eigenvalue weighted by molar-refractivity contribution is 0.0953. The molecule has 3 aromatic carbocycles. The summed E-state index contributed by atoms with van der Waals surface area (Å²) in [5.41, 5.74) is 0.628. The van der Waals surface area contributed by atoms with Gasteiger partial charge < -0.3 is 5.32 Å². The quantitative estimate of drug-likeness (QED) is 0.442. The van der Waals surface area contributed by atoms with Crippen molar-refractivity contribution >= 4 is 43.1 Å². The largest absolute Gasteiger partial charge is 0.352 e. The van der Waals surface area contributed by atoms with E-state index in [2.05, 4.69) is 10.0 Å². The van der Waals surface area contributed by atoms with E-state index in [1.54, 1.807) is 42.5 Å². The second kappa shape index (κ2) is 10.2. The lowest BCUT2D eigenvalue weighted by Crippen LogP contribution is -2.26. The molecule has 0 bridgehead atoms. The van der Waals surface area contributed by atoms with Gasteiger partial charge in [-0.25, -0.2) is 16.8 Å². The van der Waals surface area contributed by atoms with Crippen molar-refractivity contribution in [2.45, 2.75) is 16.2 Å². The number of carbonyl (C=O) groups excluding carboxylic acids is 1. The number of halogens is 1. The van der Waals surface area contributed by atoms with Crippen LogP contribution in [-0.4, -0.2) is 35.0 Å². The van der Waals surface area contributed by atoms with E-state index in [0.717, 1.165) is 0 Å². The molecule has 0 fully saturated rings. The Kier molecular flexibility index (Phi) is 7.55. The smallest absolute Gasteiger partial charge is 0.261 e. The third-order valence-electron chi connectivity index (χ3n) is 4.50. The summed E-state index contributed by atoms with van der Waals surface area (Å²) in [6, 6.07) is 19.8. The first kappa shape index (κ1) is 23.8. The van der Waals surface area contributed by atoms with Gasteiger partial charge in [-0.05, 0) is 67.1 Å². The standard InChI is InChI=1S/C22H21ClN2O5S2/c23-18-9-11-19(12-10-18)25-32(29,30)21-13-7-17(8-14-21)22(26)24-15-4-16-31(27,28)20-5-2-1-3-6-20/h1-3,5-14,25H,4,15-16H2,(H,24,26). The van der Waals surface area contributed by atoms with Gasteiger partial charge in [0.1, 0.15) is 0 Å². The Morgan fingerprint density at radius 2 is 1.41 bits per heavy atom. The molecule has 0 radical (unpaired) electrons. The summed E-state index contributed by atoms with van der Waals surface area (Å²) in [5.74, 6) is -0.512. The molecular formula is C22H21ClN2O5S2. The topological polar surface area (TPSA) is 109 Å². The fourth-order valence-corrected chi connectivity index (χ4v) is 5.35. The van der Waals surface area contributed by atoms with Crippen LogP contribution in [0, 0.1) is 0 Å². The number of nitrogens with one attached hydrogen (secondary N) is 2. The third kappa shape index (κ3) is 6.32. The Bertz CT molecular complexity index is 1280. The minimum Gasteiger partial charge on any atom is -0.352 e. The molecule has 0 spiro atoms. The summed E-state index contributed by atoms with van der Waals surface area (Å²) < 4.78 is 51.9. The van der Waals surface area contributed by atoms with Crippen LogP contribution in [0.25, 0.3) is 0 Å². The zero-order chi connectivity index (χ0) is 23.2. The van der Waals surface area contributed by atoms with Crippen LogP contribution in [0.15, 0.2) is 88.7 Å². The van der Waals surface area contributed by atoms with Crippen molar-refractivity contribution in [3.63, 3.8) is 0 Å². The van der Waals surface area contributed by atoms with Crippen molar-refractivity contribution in [1.29, 1.82) is 0 Å². The summed E-state index contributed by atoms with van der Waals surface area (Å²) >= 11 is 5.80. The summed E-state index contributed by atoms with van der Waals surface area (Å²) in [6.45, 7) is 0.170. The molecule has 7 nitrogen and oxygen atoms in total. The van der Waals surface area contributed by atoms with E-state index in [-0.39, 0.29) is 34.1 Å². The number of hydrogen-bond donors (Lipinski definition) is 2. The molecule has 3 rings (SSSR count). The van der Waals surface area contributed by atoms with Gasteiger partial charge in [-0.15, -0.1) is 0 Å². The van der Waals surface area contributed by atoms with Crippen LogP contribution < -0.4 is 10.0 Å². The van der Waals surface area contributed by atoms with Gasteiger partial charge in [0.05, 0.1) is 15.5 Å². The predicted molar refractivity (Wildman–Crippen MR) is 124 cm³/mol. The van der Waals surface area contributed by atoms with Crippen molar-refractivity contribution in [3.8, 4) is 0 Å². The Balaban J connectivity index is 1.54. The normalized spacial score (nSPS) is 11.7. The lowest BCUT2D eigenvalue weighted by atomic mass is 10.2. The van der Waals surface area contributed by atoms with Gasteiger partial charge >= 0.3 is 0 Å². The van der Waals surface area contributed by atoms with Crippen LogP contribution in [0.5, 0.6) is 0 Å². The van der Waals surface area contributed by atoms with Crippen LogP contribution in [0.4, 0.5) is 5.69 Å². The number of carbonyl (C=O) groups is 1. The first-order chi connectivity index (χ1) is 15.2. The predicted octanol–water partition coefficient (Wildman–Crippen LogP) is 3.73. The molecule has 0 unspecified atom stereocenters. The molecule has 0 aromatic heterocycles. The number of sulfonamides is 1. The molecule has 0 atom stereocenters. The molecule has 168 valence electrons. The van der Waals surface area contributed by atoms with E-state index in [4.69, 9.17) is 11.6 Å². The fourth-order valence-electron chi connectivity index (χ4n) is 2.83. The van der Waals surface area contributed by atoms with Gasteiger partial charge in [0.2, 0.25) is 0 Å². The molecule has 0 aliphatic carbocycles. The number of rotatable bonds is 9. The van der Waals surface area contributed by atoms with E-state index in [0.29, 0.717) is 10.7 Å². The van der Waals surface area contributed by atoms with Crippen LogP contribution in [0.2, 0.25) is 5.02 Å². The zero-order valence-electron chi connectivity index (χ0n) is 16.9. The Hall–Kier alpha value is -2.88. The molecule has 0 aliphatic rings. The number of hydrogen-bond acceptors (Lipinski definition) is 5. The van der Waals surface area contributed by atoms with Gasteiger partial charge in [0.25, 0.3) is 15.9 Å². The average Bonchev–Trinajstić information content (AvgIpc) is 2.79. The van der Waals surface area contributed by atoms with Crippen LogP contribution in [-0.2, 0) is 19.9 Å². The minimum atomic E-state index is -3.82. The second-order valence-corrected chi connectivity index (χ2v) is 11.1. The van der Waals surface area contributed by atoms with Crippen LogP contribution >= 0.6 is 11.6 Å². The molecule has 1 amide bonds. The molecular weight excluding hydrogens is 472 g/mol. The highest BCUT2D eigenvalue weighted by atomic mass is 35.5. The van der Waals surface area contributed by atoms with Crippen LogP contribution in [0.3, 0.4) is 0 Å². The molecule has 0 saturated carbocycles. The van der Waals surface area contributed by atoms with E-state index in [1.165, 1.54) is 36.4 Å². The van der Waals surface area contributed by atoms with Crippen molar-refractivity contribution in [2.24, 2.45) is 0 Å². The highest BCUT2D eigenvalue weighted by Gasteiger charge is 2.16. The Morgan fingerprint density at radius 1 is 0.781 bits per heavy atom. The van der Waals surface area contributed by atoms with Crippen molar-refractivity contribution in [3.05, 3.63) is 89.4 Å². The summed E-state index contributed by atoms with van der Waals surface area (Å²) in [7, 11) is -7.23. The maximum Gasteiger partial charge on any atom is 0.261 e. The molecule has 32 heavy (non-hydrogen) atoms. The summed E-state index contributed by atoms with van der Waals surface area (Å²) in [6.07, 6.45) is 0.250. The van der Waals surface area contributed by atoms with E-state index in [1.807, 2.05) is 0 Å². The van der Waals surface area contributed by atoms with Crippen LogP contribution in [0.1, 0.15) is 16.8 Å². The van der Waals surface area contributed by atoms with Gasteiger partial charge in [-0.1, -0.05) is 29.8 Å². The molecule has 0 aliphatic heterocycles. The van der Waals surface area contributed by atoms with Gasteiger partial charge in [-0.2, -0.15) is 0 Å². The van der Waals surface area contributed by atoms with Crippen molar-refractivity contribution < 1.29 is 21.6 Å². The molecule has 2 N–H and O–H groups in total. The lowest BCUT2D eigenvalue weighted by Gasteiger charge is -2.09. The highest BCUT2D eigenvalue weighted by Crippen LogP contribution is 2.19. The average molecular weight is 493 g/mol. The molecule has 0 saturated heterocycles. The number of benzene rings is 3. The maximum absolute atomic E-state index is 12.5. The van der Waals surface area contributed by atoms with Crippen molar-refractivity contribution in [1.82, 2.24) is 5.32 Å². The van der Waals surface area contributed by atoms with E-state index >= 15 is 0 Å². The molecule has 10 heteroatoms. The SMILES string of the molecule is O=C(NCCCS(=O)(=O)c1ccccc1)c1ccc(S(=O)(=O)Nc2ccc(Cl)cc2)cc1. The summed E-state index contributed by atoms with van der Waals surface area (Å²) in [4.78, 5) is 12.5. The van der Waals surface area contributed by atoms with Crippen molar-refractivity contribution in [2.75, 3.05) is 17.0 Å². The molecule has 0 heterocycles. The van der Waals surface area contributed by atoms with E-state index in [9.17, 15) is 21.6 Å². The third-order valence-corrected chi connectivity index (χ3v) is 7.97. The second-order valence-electron chi connectivity index (χ2n) is 6.88. The number of amides is 1. The van der Waals surface area contributed by atoms with Gasteiger partial charge in [0, 0.05) is 22.8 Å². The van der Waals surface area contributed by atoms with Gasteiger partial charge in [0.15, 0.2) is 9.84 Å². The first-order valence-corrected chi connectivity index (χ1v) is 13.1. The number of anilines is 1. The zero-order valence-corrected chi connectivity index (χ0v) is 19.3. The Morgan fingerprint density at radius 3 is 2.03 bits per heavy atom. The minimum absolute atomic E-state index is 0.00189. The van der Waals surface area contributed by atoms with Gasteiger partial charge in [-0.3, -0.25) is 9.52 Å². The number of sulfone groups is 1.